The van der Waals surface area contributed by atoms with E-state index in [1.54, 1.807) is 20.8 Å². The van der Waals surface area contributed by atoms with Crippen LogP contribution >= 0.6 is 0 Å². The minimum atomic E-state index is -3.78. The van der Waals surface area contributed by atoms with E-state index in [1.165, 1.54) is 24.3 Å². The monoisotopic (exact) mass is 418 g/mol. The average Bonchev–Trinajstić information content (AvgIpc) is 2.65. The molecule has 0 saturated heterocycles. The minimum absolute atomic E-state index is 0.0470. The molecule has 7 nitrogen and oxygen atoms in total. The summed E-state index contributed by atoms with van der Waals surface area (Å²) < 4.78 is 32.3. The van der Waals surface area contributed by atoms with Gasteiger partial charge in [0.25, 0.3) is 5.91 Å². The number of nitrogens with one attached hydrogen (secondary N) is 2. The quantitative estimate of drug-likeness (QED) is 0.641. The van der Waals surface area contributed by atoms with E-state index in [2.05, 4.69) is 10.0 Å². The molecule has 0 saturated carbocycles. The number of amides is 1. The molecule has 0 radical (unpaired) electrons. The van der Waals surface area contributed by atoms with E-state index < -0.39 is 34.0 Å². The van der Waals surface area contributed by atoms with Gasteiger partial charge >= 0.3 is 5.97 Å². The smallest absolute Gasteiger partial charge is 0.338 e. The van der Waals surface area contributed by atoms with Gasteiger partial charge in [-0.2, -0.15) is 0 Å². The fourth-order valence-corrected chi connectivity index (χ4v) is 3.97. The highest BCUT2D eigenvalue weighted by Gasteiger charge is 2.23. The Hall–Kier alpha value is -2.71. The van der Waals surface area contributed by atoms with Gasteiger partial charge in [0, 0.05) is 12.1 Å². The van der Waals surface area contributed by atoms with Crippen LogP contribution in [0.1, 0.15) is 36.7 Å². The summed E-state index contributed by atoms with van der Waals surface area (Å²) in [6.07, 6.45) is 0.668. The maximum atomic E-state index is 12.4. The van der Waals surface area contributed by atoms with Crippen LogP contribution in [-0.2, 0) is 26.0 Å². The summed E-state index contributed by atoms with van der Waals surface area (Å²) in [5.41, 5.74) is 0.484. The first-order valence-corrected chi connectivity index (χ1v) is 10.7. The number of sulfonamides is 1. The SMILES string of the molecule is CC(C)(C)NS(=O)(=O)c1cccc(C(=O)OCC(=O)NCCc2ccccc2)c1. The van der Waals surface area contributed by atoms with Gasteiger partial charge in [0.15, 0.2) is 6.61 Å². The molecule has 0 atom stereocenters. The first-order chi connectivity index (χ1) is 13.6. The van der Waals surface area contributed by atoms with E-state index in [0.717, 1.165) is 5.56 Å². The highest BCUT2D eigenvalue weighted by atomic mass is 32.2. The molecule has 0 bridgehead atoms. The summed E-state index contributed by atoms with van der Waals surface area (Å²) in [6.45, 7) is 5.15. The van der Waals surface area contributed by atoms with Crippen molar-refractivity contribution in [3.05, 3.63) is 65.7 Å². The Kier molecular flexibility index (Phi) is 7.53. The van der Waals surface area contributed by atoms with Gasteiger partial charge in [0.1, 0.15) is 0 Å². The zero-order valence-electron chi connectivity index (χ0n) is 16.8. The van der Waals surface area contributed by atoms with Crippen LogP contribution in [0.25, 0.3) is 0 Å². The molecular weight excluding hydrogens is 392 g/mol. The molecular formula is C21H26N2O5S. The first kappa shape index (κ1) is 22.6. The molecule has 2 rings (SSSR count). The number of carbonyl (C=O) groups excluding carboxylic acids is 2. The fourth-order valence-electron chi connectivity index (χ4n) is 2.51. The summed E-state index contributed by atoms with van der Waals surface area (Å²) in [4.78, 5) is 24.0. The number of ether oxygens (including phenoxy) is 1. The van der Waals surface area contributed by atoms with Gasteiger partial charge in [-0.1, -0.05) is 36.4 Å². The third-order valence-corrected chi connectivity index (χ3v) is 5.49. The van der Waals surface area contributed by atoms with Gasteiger partial charge in [-0.3, -0.25) is 4.79 Å². The molecule has 2 aromatic carbocycles. The number of hydrogen-bond donors (Lipinski definition) is 2. The highest BCUT2D eigenvalue weighted by molar-refractivity contribution is 7.89. The predicted octanol–water partition coefficient (Wildman–Crippen LogP) is 2.28. The lowest BCUT2D eigenvalue weighted by Crippen LogP contribution is -2.40. The molecule has 156 valence electrons. The van der Waals surface area contributed by atoms with Crippen molar-refractivity contribution >= 4 is 21.9 Å². The van der Waals surface area contributed by atoms with Gasteiger partial charge in [-0.05, 0) is 51.0 Å². The van der Waals surface area contributed by atoms with Gasteiger partial charge in [0.2, 0.25) is 10.0 Å². The Bertz CT molecular complexity index is 951. The Morgan fingerprint density at radius 2 is 1.69 bits per heavy atom. The van der Waals surface area contributed by atoms with Crippen molar-refractivity contribution in [1.82, 2.24) is 10.0 Å². The van der Waals surface area contributed by atoms with Crippen molar-refractivity contribution in [1.29, 1.82) is 0 Å². The largest absolute Gasteiger partial charge is 0.452 e. The van der Waals surface area contributed by atoms with E-state index in [-0.39, 0.29) is 10.5 Å². The van der Waals surface area contributed by atoms with Crippen LogP contribution in [0.15, 0.2) is 59.5 Å². The van der Waals surface area contributed by atoms with Gasteiger partial charge in [-0.15, -0.1) is 0 Å². The molecule has 0 aliphatic rings. The van der Waals surface area contributed by atoms with Crippen molar-refractivity contribution in [3.63, 3.8) is 0 Å². The predicted molar refractivity (Wildman–Crippen MR) is 110 cm³/mol. The summed E-state index contributed by atoms with van der Waals surface area (Å²) >= 11 is 0. The summed E-state index contributed by atoms with van der Waals surface area (Å²) in [7, 11) is -3.78. The van der Waals surface area contributed by atoms with E-state index in [1.807, 2.05) is 30.3 Å². The maximum Gasteiger partial charge on any atom is 0.338 e. The van der Waals surface area contributed by atoms with Gasteiger partial charge in [-0.25, -0.2) is 17.9 Å². The number of benzene rings is 2. The normalized spacial score (nSPS) is 11.7. The Morgan fingerprint density at radius 1 is 1.00 bits per heavy atom. The number of rotatable bonds is 8. The average molecular weight is 419 g/mol. The van der Waals surface area contributed by atoms with E-state index in [9.17, 15) is 18.0 Å². The molecule has 0 aromatic heterocycles. The Labute approximate surface area is 171 Å². The van der Waals surface area contributed by atoms with Crippen LogP contribution in [0.4, 0.5) is 0 Å². The zero-order valence-corrected chi connectivity index (χ0v) is 17.6. The topological polar surface area (TPSA) is 102 Å². The molecule has 2 aromatic rings. The van der Waals surface area contributed by atoms with Gasteiger partial charge < -0.3 is 10.1 Å². The second-order valence-corrected chi connectivity index (χ2v) is 9.23. The molecule has 0 aliphatic heterocycles. The lowest BCUT2D eigenvalue weighted by Gasteiger charge is -2.20. The molecule has 0 aliphatic carbocycles. The Morgan fingerprint density at radius 3 is 2.34 bits per heavy atom. The van der Waals surface area contributed by atoms with Crippen LogP contribution < -0.4 is 10.0 Å². The van der Waals surface area contributed by atoms with Crippen molar-refractivity contribution in [2.75, 3.05) is 13.2 Å². The number of hydrogen-bond acceptors (Lipinski definition) is 5. The molecule has 1 amide bonds. The van der Waals surface area contributed by atoms with Crippen LogP contribution in [-0.4, -0.2) is 39.0 Å². The first-order valence-electron chi connectivity index (χ1n) is 9.19. The van der Waals surface area contributed by atoms with Crippen molar-refractivity contribution in [3.8, 4) is 0 Å². The summed E-state index contributed by atoms with van der Waals surface area (Å²) in [5, 5.41) is 2.68. The van der Waals surface area contributed by atoms with Crippen molar-refractivity contribution in [2.24, 2.45) is 0 Å². The minimum Gasteiger partial charge on any atom is -0.452 e. The standard InChI is InChI=1S/C21H26N2O5S/c1-21(2,3)23-29(26,27)18-11-7-10-17(14-18)20(25)28-15-19(24)22-13-12-16-8-5-4-6-9-16/h4-11,14,23H,12-13,15H2,1-3H3,(H,22,24). The maximum absolute atomic E-state index is 12.4. The molecule has 0 heterocycles. The zero-order chi connectivity index (χ0) is 21.5. The second kappa shape index (κ2) is 9.67. The lowest BCUT2D eigenvalue weighted by molar-refractivity contribution is -0.124. The van der Waals surface area contributed by atoms with E-state index >= 15 is 0 Å². The number of esters is 1. The van der Waals surface area contributed by atoms with E-state index in [0.29, 0.717) is 13.0 Å². The van der Waals surface area contributed by atoms with Crippen LogP contribution in [0.3, 0.4) is 0 Å². The molecule has 8 heteroatoms. The Balaban J connectivity index is 1.88. The summed E-state index contributed by atoms with van der Waals surface area (Å²) in [5.74, 6) is -1.19. The van der Waals surface area contributed by atoms with E-state index in [4.69, 9.17) is 4.74 Å². The van der Waals surface area contributed by atoms with Crippen molar-refractivity contribution in [2.45, 2.75) is 37.6 Å². The molecule has 2 N–H and O–H groups in total. The fraction of sp³-hybridized carbons (Fsp3) is 0.333. The van der Waals surface area contributed by atoms with Gasteiger partial charge in [0.05, 0.1) is 10.5 Å². The van der Waals surface area contributed by atoms with Crippen LogP contribution in [0.5, 0.6) is 0 Å². The van der Waals surface area contributed by atoms with Crippen LogP contribution in [0, 0.1) is 0 Å². The lowest BCUT2D eigenvalue weighted by atomic mass is 10.1. The molecule has 29 heavy (non-hydrogen) atoms. The molecule has 0 fully saturated rings. The summed E-state index contributed by atoms with van der Waals surface area (Å²) in [6, 6.07) is 15.2. The highest BCUT2D eigenvalue weighted by Crippen LogP contribution is 2.15. The van der Waals surface area contributed by atoms with Crippen LogP contribution in [0.2, 0.25) is 0 Å². The number of carbonyl (C=O) groups is 2. The third kappa shape index (κ3) is 7.67. The molecule has 0 spiro atoms. The van der Waals surface area contributed by atoms with Crippen molar-refractivity contribution < 1.29 is 22.7 Å². The molecule has 0 unspecified atom stereocenters. The second-order valence-electron chi connectivity index (χ2n) is 7.55. The third-order valence-electron chi connectivity index (χ3n) is 3.73.